The van der Waals surface area contributed by atoms with Crippen molar-refractivity contribution in [3.8, 4) is 6.07 Å². The van der Waals surface area contributed by atoms with Crippen LogP contribution in [0.3, 0.4) is 0 Å². The number of rotatable bonds is 5. The van der Waals surface area contributed by atoms with E-state index in [0.717, 1.165) is 6.42 Å². The van der Waals surface area contributed by atoms with Gasteiger partial charge in [-0.25, -0.2) is 0 Å². The summed E-state index contributed by atoms with van der Waals surface area (Å²) in [6, 6.07) is 2.09. The topological polar surface area (TPSA) is 73.1 Å². The van der Waals surface area contributed by atoms with Gasteiger partial charge in [-0.2, -0.15) is 5.26 Å². The number of hydrogen-bond acceptors (Lipinski definition) is 3. The van der Waals surface area contributed by atoms with E-state index in [-0.39, 0.29) is 12.0 Å². The summed E-state index contributed by atoms with van der Waals surface area (Å²) in [5, 5.41) is 20.9. The van der Waals surface area contributed by atoms with Crippen molar-refractivity contribution >= 4 is 5.91 Å². The molecule has 1 atom stereocenters. The second-order valence-corrected chi connectivity index (χ2v) is 4.15. The Labute approximate surface area is 90.3 Å². The molecular weight excluding hydrogens is 192 g/mol. The van der Waals surface area contributed by atoms with Crippen LogP contribution < -0.4 is 5.32 Å². The number of carbonyl (C=O) groups excluding carboxylic acids is 1. The lowest BCUT2D eigenvalue weighted by molar-refractivity contribution is -0.131. The zero-order chi connectivity index (χ0) is 11.3. The third kappa shape index (κ3) is 2.69. The van der Waals surface area contributed by atoms with Gasteiger partial charge in [-0.3, -0.25) is 4.79 Å². The van der Waals surface area contributed by atoms with Crippen LogP contribution in [0.2, 0.25) is 0 Å². The zero-order valence-electron chi connectivity index (χ0n) is 9.12. The maximum atomic E-state index is 11.6. The summed E-state index contributed by atoms with van der Waals surface area (Å²) in [7, 11) is 0. The number of nitriles is 1. The number of aliphatic hydroxyl groups is 1. The van der Waals surface area contributed by atoms with Gasteiger partial charge in [0.25, 0.3) is 0 Å². The lowest BCUT2D eigenvalue weighted by Gasteiger charge is -2.33. The smallest absolute Gasteiger partial charge is 0.240 e. The summed E-state index contributed by atoms with van der Waals surface area (Å²) in [6.45, 7) is 2.35. The number of hydrogen-bond donors (Lipinski definition) is 2. The van der Waals surface area contributed by atoms with Crippen LogP contribution in [-0.4, -0.2) is 23.7 Å². The molecule has 0 saturated heterocycles. The molecule has 4 nitrogen and oxygen atoms in total. The molecular formula is C11H18N2O2. The molecule has 84 valence electrons. The Hall–Kier alpha value is -1.08. The number of aliphatic hydroxyl groups excluding tert-OH is 1. The van der Waals surface area contributed by atoms with Crippen molar-refractivity contribution in [2.75, 3.05) is 6.54 Å². The SMILES string of the molecule is CCC(O)CCNC(=O)C1(C#N)CCC1. The van der Waals surface area contributed by atoms with Crippen LogP contribution in [0.4, 0.5) is 0 Å². The highest BCUT2D eigenvalue weighted by Gasteiger charge is 2.44. The van der Waals surface area contributed by atoms with Crippen LogP contribution >= 0.6 is 0 Å². The van der Waals surface area contributed by atoms with E-state index in [2.05, 4.69) is 11.4 Å². The van der Waals surface area contributed by atoms with Gasteiger partial charge in [-0.15, -0.1) is 0 Å². The predicted molar refractivity (Wildman–Crippen MR) is 55.8 cm³/mol. The molecule has 1 amide bonds. The highest BCUT2D eigenvalue weighted by atomic mass is 16.3. The van der Waals surface area contributed by atoms with Crippen LogP contribution in [0, 0.1) is 16.7 Å². The Bertz CT molecular complexity index is 266. The summed E-state index contributed by atoms with van der Waals surface area (Å²) in [4.78, 5) is 11.6. The summed E-state index contributed by atoms with van der Waals surface area (Å²) in [6.07, 6.45) is 3.20. The zero-order valence-corrected chi connectivity index (χ0v) is 9.12. The average Bonchev–Trinajstić information content (AvgIpc) is 2.16. The van der Waals surface area contributed by atoms with Gasteiger partial charge in [-0.1, -0.05) is 6.92 Å². The molecule has 1 fully saturated rings. The quantitative estimate of drug-likeness (QED) is 0.709. The Kier molecular flexibility index (Phi) is 4.10. The van der Waals surface area contributed by atoms with Gasteiger partial charge in [0.2, 0.25) is 5.91 Å². The maximum Gasteiger partial charge on any atom is 0.240 e. The predicted octanol–water partition coefficient (Wildman–Crippen LogP) is 0.957. The highest BCUT2D eigenvalue weighted by Crippen LogP contribution is 2.40. The average molecular weight is 210 g/mol. The number of amides is 1. The molecule has 0 spiro atoms. The molecule has 0 aromatic rings. The van der Waals surface area contributed by atoms with Gasteiger partial charge in [0.1, 0.15) is 5.41 Å². The number of carbonyl (C=O) groups is 1. The van der Waals surface area contributed by atoms with Crippen molar-refractivity contribution in [1.29, 1.82) is 5.26 Å². The van der Waals surface area contributed by atoms with Gasteiger partial charge in [0, 0.05) is 6.54 Å². The Balaban J connectivity index is 2.27. The first-order chi connectivity index (χ1) is 7.14. The Morgan fingerprint density at radius 3 is 2.73 bits per heavy atom. The Morgan fingerprint density at radius 2 is 2.33 bits per heavy atom. The van der Waals surface area contributed by atoms with Crippen LogP contribution in [0.5, 0.6) is 0 Å². The first-order valence-electron chi connectivity index (χ1n) is 5.52. The minimum atomic E-state index is -0.767. The molecule has 15 heavy (non-hydrogen) atoms. The third-order valence-electron chi connectivity index (χ3n) is 3.09. The fourth-order valence-corrected chi connectivity index (χ4v) is 1.65. The van der Waals surface area contributed by atoms with Gasteiger partial charge >= 0.3 is 0 Å². The van der Waals surface area contributed by atoms with Crippen molar-refractivity contribution in [3.63, 3.8) is 0 Å². The molecule has 1 aliphatic carbocycles. The molecule has 1 saturated carbocycles. The van der Waals surface area contributed by atoms with Crippen LogP contribution in [0.25, 0.3) is 0 Å². The lowest BCUT2D eigenvalue weighted by atomic mass is 9.69. The molecule has 1 unspecified atom stereocenters. The van der Waals surface area contributed by atoms with E-state index in [1.54, 1.807) is 0 Å². The van der Waals surface area contributed by atoms with E-state index < -0.39 is 5.41 Å². The standard InChI is InChI=1S/C11H18N2O2/c1-2-9(14)4-7-13-10(15)11(8-12)5-3-6-11/h9,14H,2-7H2,1H3,(H,13,15). The van der Waals surface area contributed by atoms with E-state index in [1.807, 2.05) is 6.92 Å². The van der Waals surface area contributed by atoms with Crippen molar-refractivity contribution in [2.45, 2.75) is 45.1 Å². The third-order valence-corrected chi connectivity index (χ3v) is 3.09. The fourth-order valence-electron chi connectivity index (χ4n) is 1.65. The summed E-state index contributed by atoms with van der Waals surface area (Å²) < 4.78 is 0. The summed E-state index contributed by atoms with van der Waals surface area (Å²) >= 11 is 0. The van der Waals surface area contributed by atoms with E-state index in [9.17, 15) is 9.90 Å². The molecule has 0 aromatic carbocycles. The molecule has 1 aliphatic rings. The van der Waals surface area contributed by atoms with E-state index in [1.165, 1.54) is 0 Å². The monoisotopic (exact) mass is 210 g/mol. The largest absolute Gasteiger partial charge is 0.393 e. The molecule has 0 heterocycles. The maximum absolute atomic E-state index is 11.6. The molecule has 0 aromatic heterocycles. The molecule has 0 aliphatic heterocycles. The molecule has 0 bridgehead atoms. The van der Waals surface area contributed by atoms with Crippen molar-refractivity contribution in [3.05, 3.63) is 0 Å². The van der Waals surface area contributed by atoms with E-state index >= 15 is 0 Å². The minimum Gasteiger partial charge on any atom is -0.393 e. The molecule has 2 N–H and O–H groups in total. The van der Waals surface area contributed by atoms with E-state index in [4.69, 9.17) is 5.26 Å². The summed E-state index contributed by atoms with van der Waals surface area (Å²) in [5.41, 5.74) is -0.767. The molecule has 1 rings (SSSR count). The van der Waals surface area contributed by atoms with Gasteiger partial charge in [-0.05, 0) is 32.1 Å². The van der Waals surface area contributed by atoms with Gasteiger partial charge in [0.15, 0.2) is 0 Å². The van der Waals surface area contributed by atoms with Crippen LogP contribution in [0.15, 0.2) is 0 Å². The Morgan fingerprint density at radius 1 is 1.67 bits per heavy atom. The number of nitrogens with one attached hydrogen (secondary N) is 1. The van der Waals surface area contributed by atoms with Crippen LogP contribution in [-0.2, 0) is 4.79 Å². The first kappa shape index (κ1) is 12.0. The van der Waals surface area contributed by atoms with Crippen molar-refractivity contribution in [1.82, 2.24) is 5.32 Å². The second-order valence-electron chi connectivity index (χ2n) is 4.15. The summed E-state index contributed by atoms with van der Waals surface area (Å²) in [5.74, 6) is -0.167. The normalized spacial score (nSPS) is 19.8. The minimum absolute atomic E-state index is 0.167. The molecule has 4 heteroatoms. The number of nitrogens with zero attached hydrogens (tertiary/aromatic N) is 1. The van der Waals surface area contributed by atoms with Gasteiger partial charge in [0.05, 0.1) is 12.2 Å². The fraction of sp³-hybridized carbons (Fsp3) is 0.818. The van der Waals surface area contributed by atoms with Crippen molar-refractivity contribution < 1.29 is 9.90 Å². The second kappa shape index (κ2) is 5.13. The lowest BCUT2D eigenvalue weighted by Crippen LogP contribution is -2.45. The van der Waals surface area contributed by atoms with E-state index in [0.29, 0.717) is 32.2 Å². The van der Waals surface area contributed by atoms with Crippen molar-refractivity contribution in [2.24, 2.45) is 5.41 Å². The molecule has 0 radical (unpaired) electrons. The first-order valence-corrected chi connectivity index (χ1v) is 5.52. The van der Waals surface area contributed by atoms with Gasteiger partial charge < -0.3 is 10.4 Å². The highest BCUT2D eigenvalue weighted by molar-refractivity contribution is 5.86. The van der Waals surface area contributed by atoms with Crippen LogP contribution in [0.1, 0.15) is 39.0 Å².